The SMILES string of the molecule is NCCCN(CCCO)CC(=O)c1ccccc1. The van der Waals surface area contributed by atoms with Gasteiger partial charge in [-0.1, -0.05) is 30.3 Å². The van der Waals surface area contributed by atoms with Crippen molar-refractivity contribution in [3.63, 3.8) is 0 Å². The lowest BCUT2D eigenvalue weighted by Gasteiger charge is -2.20. The predicted octanol–water partition coefficient (Wildman–Crippen LogP) is 0.902. The molecular weight excluding hydrogens is 228 g/mol. The van der Waals surface area contributed by atoms with Gasteiger partial charge in [0.05, 0.1) is 6.54 Å². The Morgan fingerprint density at radius 3 is 2.44 bits per heavy atom. The molecule has 0 saturated heterocycles. The molecule has 0 atom stereocenters. The molecule has 0 aliphatic rings. The molecule has 0 fully saturated rings. The monoisotopic (exact) mass is 250 g/mol. The molecule has 0 aliphatic heterocycles. The van der Waals surface area contributed by atoms with E-state index in [1.54, 1.807) is 0 Å². The maximum absolute atomic E-state index is 12.0. The molecule has 0 aliphatic carbocycles. The predicted molar refractivity (Wildman–Crippen MR) is 72.6 cm³/mol. The highest BCUT2D eigenvalue weighted by Gasteiger charge is 2.11. The molecule has 0 aromatic heterocycles. The first-order valence-electron chi connectivity index (χ1n) is 6.39. The summed E-state index contributed by atoms with van der Waals surface area (Å²) in [7, 11) is 0. The lowest BCUT2D eigenvalue weighted by molar-refractivity contribution is 0.0924. The summed E-state index contributed by atoms with van der Waals surface area (Å²) in [5.41, 5.74) is 6.22. The molecule has 0 saturated carbocycles. The van der Waals surface area contributed by atoms with Crippen molar-refractivity contribution in [2.45, 2.75) is 12.8 Å². The molecule has 0 radical (unpaired) electrons. The van der Waals surface area contributed by atoms with Gasteiger partial charge in [-0.3, -0.25) is 9.69 Å². The van der Waals surface area contributed by atoms with Gasteiger partial charge in [0.1, 0.15) is 0 Å². The molecule has 100 valence electrons. The van der Waals surface area contributed by atoms with Crippen LogP contribution in [0.15, 0.2) is 30.3 Å². The number of hydrogen-bond acceptors (Lipinski definition) is 4. The van der Waals surface area contributed by atoms with Crippen molar-refractivity contribution in [2.24, 2.45) is 5.73 Å². The summed E-state index contributed by atoms with van der Waals surface area (Å²) in [5.74, 6) is 0.116. The number of benzene rings is 1. The van der Waals surface area contributed by atoms with Crippen LogP contribution in [-0.2, 0) is 0 Å². The lowest BCUT2D eigenvalue weighted by Crippen LogP contribution is -2.33. The van der Waals surface area contributed by atoms with Crippen LogP contribution in [-0.4, -0.2) is 48.6 Å². The van der Waals surface area contributed by atoms with Gasteiger partial charge < -0.3 is 10.8 Å². The Labute approximate surface area is 108 Å². The van der Waals surface area contributed by atoms with Crippen molar-refractivity contribution < 1.29 is 9.90 Å². The number of nitrogens with zero attached hydrogens (tertiary/aromatic N) is 1. The molecular formula is C14H22N2O2. The molecule has 1 aromatic rings. The van der Waals surface area contributed by atoms with Crippen LogP contribution in [0.1, 0.15) is 23.2 Å². The molecule has 4 nitrogen and oxygen atoms in total. The molecule has 4 heteroatoms. The normalized spacial score (nSPS) is 10.8. The largest absolute Gasteiger partial charge is 0.396 e. The van der Waals surface area contributed by atoms with Crippen molar-refractivity contribution in [2.75, 3.05) is 32.8 Å². The first-order valence-corrected chi connectivity index (χ1v) is 6.39. The zero-order valence-electron chi connectivity index (χ0n) is 10.7. The fourth-order valence-corrected chi connectivity index (χ4v) is 1.80. The van der Waals surface area contributed by atoms with Crippen molar-refractivity contribution >= 4 is 5.78 Å². The van der Waals surface area contributed by atoms with Crippen LogP contribution in [0.5, 0.6) is 0 Å². The van der Waals surface area contributed by atoms with Gasteiger partial charge in [0.15, 0.2) is 5.78 Å². The minimum Gasteiger partial charge on any atom is -0.396 e. The second-order valence-corrected chi connectivity index (χ2v) is 4.28. The van der Waals surface area contributed by atoms with E-state index >= 15 is 0 Å². The Morgan fingerprint density at radius 2 is 1.83 bits per heavy atom. The highest BCUT2D eigenvalue weighted by molar-refractivity contribution is 5.97. The van der Waals surface area contributed by atoms with Crippen molar-refractivity contribution in [3.05, 3.63) is 35.9 Å². The summed E-state index contributed by atoms with van der Waals surface area (Å²) in [5, 5.41) is 8.86. The van der Waals surface area contributed by atoms with E-state index in [1.807, 2.05) is 30.3 Å². The number of ketones is 1. The second-order valence-electron chi connectivity index (χ2n) is 4.28. The smallest absolute Gasteiger partial charge is 0.176 e. The number of nitrogens with two attached hydrogens (primary N) is 1. The average Bonchev–Trinajstić information content (AvgIpc) is 2.42. The molecule has 0 amide bonds. The molecule has 1 rings (SSSR count). The van der Waals surface area contributed by atoms with Gasteiger partial charge in [-0.2, -0.15) is 0 Å². The van der Waals surface area contributed by atoms with E-state index in [2.05, 4.69) is 4.90 Å². The highest BCUT2D eigenvalue weighted by Crippen LogP contribution is 2.03. The number of Topliss-reactive ketones (excluding diaryl/α,β-unsaturated/α-hetero) is 1. The number of rotatable bonds is 9. The Balaban J connectivity index is 2.50. The van der Waals surface area contributed by atoms with E-state index in [0.29, 0.717) is 19.5 Å². The first kappa shape index (κ1) is 14.8. The molecule has 0 bridgehead atoms. The lowest BCUT2D eigenvalue weighted by atomic mass is 10.1. The standard InChI is InChI=1S/C14H22N2O2/c15-8-4-9-16(10-5-11-17)12-14(18)13-6-2-1-3-7-13/h1-3,6-7,17H,4-5,8-12,15H2. The zero-order valence-corrected chi connectivity index (χ0v) is 10.7. The molecule has 18 heavy (non-hydrogen) atoms. The third-order valence-corrected chi connectivity index (χ3v) is 2.77. The summed E-state index contributed by atoms with van der Waals surface area (Å²) in [6.45, 7) is 2.70. The van der Waals surface area contributed by atoms with Gasteiger partial charge in [-0.15, -0.1) is 0 Å². The molecule has 3 N–H and O–H groups in total. The molecule has 0 heterocycles. The van der Waals surface area contributed by atoms with Crippen molar-refractivity contribution in [1.29, 1.82) is 0 Å². The third-order valence-electron chi connectivity index (χ3n) is 2.77. The second kappa shape index (κ2) is 8.80. The number of hydrogen-bond donors (Lipinski definition) is 2. The molecule has 0 unspecified atom stereocenters. The van der Waals surface area contributed by atoms with Crippen LogP contribution in [0, 0.1) is 0 Å². The summed E-state index contributed by atoms with van der Waals surface area (Å²) in [6, 6.07) is 9.29. The number of aliphatic hydroxyl groups is 1. The minimum absolute atomic E-state index is 0.116. The first-order chi connectivity index (χ1) is 8.77. The quantitative estimate of drug-likeness (QED) is 0.639. The van der Waals surface area contributed by atoms with E-state index in [4.69, 9.17) is 10.8 Å². The maximum atomic E-state index is 12.0. The summed E-state index contributed by atoms with van der Waals surface area (Å²) < 4.78 is 0. The molecule has 0 spiro atoms. The number of carbonyl (C=O) groups excluding carboxylic acids is 1. The van der Waals surface area contributed by atoms with E-state index in [0.717, 1.165) is 25.1 Å². The Morgan fingerprint density at radius 1 is 1.17 bits per heavy atom. The molecule has 1 aromatic carbocycles. The topological polar surface area (TPSA) is 66.6 Å². The average molecular weight is 250 g/mol. The Bertz CT molecular complexity index is 333. The number of aliphatic hydroxyl groups excluding tert-OH is 1. The van der Waals surface area contributed by atoms with E-state index in [1.165, 1.54) is 0 Å². The summed E-state index contributed by atoms with van der Waals surface area (Å²) in [6.07, 6.45) is 1.56. The fourth-order valence-electron chi connectivity index (χ4n) is 1.80. The van der Waals surface area contributed by atoms with E-state index < -0.39 is 0 Å². The van der Waals surface area contributed by atoms with Crippen LogP contribution in [0.3, 0.4) is 0 Å². The van der Waals surface area contributed by atoms with Crippen LogP contribution < -0.4 is 5.73 Å². The van der Waals surface area contributed by atoms with Crippen molar-refractivity contribution in [1.82, 2.24) is 4.90 Å². The van der Waals surface area contributed by atoms with Gasteiger partial charge in [-0.05, 0) is 25.9 Å². The third kappa shape index (κ3) is 5.40. The van der Waals surface area contributed by atoms with E-state index in [9.17, 15) is 4.79 Å². The highest BCUT2D eigenvalue weighted by atomic mass is 16.3. The van der Waals surface area contributed by atoms with Crippen molar-refractivity contribution in [3.8, 4) is 0 Å². The van der Waals surface area contributed by atoms with Gasteiger partial charge in [0, 0.05) is 18.7 Å². The van der Waals surface area contributed by atoms with Gasteiger partial charge in [-0.25, -0.2) is 0 Å². The van der Waals surface area contributed by atoms with Gasteiger partial charge in [0.25, 0.3) is 0 Å². The van der Waals surface area contributed by atoms with Gasteiger partial charge in [0.2, 0.25) is 0 Å². The Kier molecular flexibility index (Phi) is 7.25. The summed E-state index contributed by atoms with van der Waals surface area (Å²) in [4.78, 5) is 14.1. The maximum Gasteiger partial charge on any atom is 0.176 e. The van der Waals surface area contributed by atoms with Crippen LogP contribution in [0.4, 0.5) is 0 Å². The summed E-state index contributed by atoms with van der Waals surface area (Å²) >= 11 is 0. The van der Waals surface area contributed by atoms with Crippen LogP contribution >= 0.6 is 0 Å². The minimum atomic E-state index is 0.116. The fraction of sp³-hybridized carbons (Fsp3) is 0.500. The Hall–Kier alpha value is -1.23. The van der Waals surface area contributed by atoms with Crippen LogP contribution in [0.25, 0.3) is 0 Å². The number of carbonyl (C=O) groups is 1. The van der Waals surface area contributed by atoms with Gasteiger partial charge >= 0.3 is 0 Å². The van der Waals surface area contributed by atoms with E-state index in [-0.39, 0.29) is 12.4 Å². The zero-order chi connectivity index (χ0) is 13.2. The van der Waals surface area contributed by atoms with Crippen LogP contribution in [0.2, 0.25) is 0 Å².